The molecule has 130 valence electrons. The second kappa shape index (κ2) is 5.80. The fraction of sp³-hybridized carbons (Fsp3) is 0.842. The molecule has 0 bridgehead atoms. The molecule has 23 heavy (non-hydrogen) atoms. The Morgan fingerprint density at radius 1 is 1.26 bits per heavy atom. The molecule has 7 atom stereocenters. The molecule has 0 spiro atoms. The molecule has 6 unspecified atom stereocenters. The van der Waals surface area contributed by atoms with Crippen LogP contribution in [0, 0.1) is 23.2 Å². The molecule has 0 amide bonds. The lowest BCUT2D eigenvalue weighted by Gasteiger charge is -2.26. The van der Waals surface area contributed by atoms with Gasteiger partial charge in [-0.05, 0) is 44.4 Å². The van der Waals surface area contributed by atoms with Crippen LogP contribution >= 0.6 is 0 Å². The fourth-order valence-electron chi connectivity index (χ4n) is 4.94. The van der Waals surface area contributed by atoms with Crippen molar-refractivity contribution in [3.8, 4) is 0 Å². The van der Waals surface area contributed by atoms with E-state index in [-0.39, 0.29) is 29.5 Å². The minimum Gasteiger partial charge on any atom is -0.431 e. The number of hydrogen-bond donors (Lipinski definition) is 1. The van der Waals surface area contributed by atoms with Gasteiger partial charge in [0.1, 0.15) is 11.7 Å². The second-order valence-electron chi connectivity index (χ2n) is 8.19. The highest BCUT2D eigenvalue weighted by atomic mass is 16.7. The number of hydrogen-bond acceptors (Lipinski definition) is 4. The SMILES string of the molecule is CC1C=CCCC(OC(=O)OC2(C)C3C(O)CCC[C@]32C)C1C. The lowest BCUT2D eigenvalue weighted by molar-refractivity contribution is -0.0388. The number of carbonyl (C=O) groups excluding carboxylic acids is 1. The molecular weight excluding hydrogens is 292 g/mol. The Morgan fingerprint density at radius 2 is 2.00 bits per heavy atom. The summed E-state index contributed by atoms with van der Waals surface area (Å²) in [6.07, 6.45) is 7.91. The lowest BCUT2D eigenvalue weighted by Crippen LogP contribution is -2.31. The smallest absolute Gasteiger partial charge is 0.431 e. The van der Waals surface area contributed by atoms with E-state index in [0.717, 1.165) is 32.1 Å². The minimum absolute atomic E-state index is 0.0449. The first kappa shape index (κ1) is 16.8. The molecule has 2 fully saturated rings. The Hall–Kier alpha value is -1.03. The molecule has 1 N–H and O–H groups in total. The summed E-state index contributed by atoms with van der Waals surface area (Å²) in [5.41, 5.74) is -0.689. The van der Waals surface area contributed by atoms with Crippen molar-refractivity contribution in [2.75, 3.05) is 0 Å². The van der Waals surface area contributed by atoms with Gasteiger partial charge in [0.25, 0.3) is 0 Å². The van der Waals surface area contributed by atoms with Gasteiger partial charge in [-0.1, -0.05) is 39.3 Å². The molecule has 0 heterocycles. The van der Waals surface area contributed by atoms with E-state index >= 15 is 0 Å². The average Bonchev–Trinajstić information content (AvgIpc) is 3.02. The van der Waals surface area contributed by atoms with Crippen molar-refractivity contribution in [3.63, 3.8) is 0 Å². The van der Waals surface area contributed by atoms with Crippen molar-refractivity contribution >= 4 is 6.16 Å². The molecule has 3 aliphatic rings. The van der Waals surface area contributed by atoms with Crippen molar-refractivity contribution in [1.82, 2.24) is 0 Å². The van der Waals surface area contributed by atoms with Gasteiger partial charge in [0.15, 0.2) is 0 Å². The number of ether oxygens (including phenoxy) is 2. The van der Waals surface area contributed by atoms with Gasteiger partial charge in [0, 0.05) is 11.3 Å². The van der Waals surface area contributed by atoms with Gasteiger partial charge < -0.3 is 14.6 Å². The molecule has 0 aromatic rings. The van der Waals surface area contributed by atoms with Crippen LogP contribution in [0.4, 0.5) is 4.79 Å². The third kappa shape index (κ3) is 2.69. The van der Waals surface area contributed by atoms with Crippen molar-refractivity contribution in [2.45, 2.75) is 77.6 Å². The van der Waals surface area contributed by atoms with Gasteiger partial charge in [-0.3, -0.25) is 0 Å². The zero-order valence-electron chi connectivity index (χ0n) is 14.7. The Morgan fingerprint density at radius 3 is 2.70 bits per heavy atom. The summed E-state index contributed by atoms with van der Waals surface area (Å²) >= 11 is 0. The van der Waals surface area contributed by atoms with E-state index in [9.17, 15) is 9.90 Å². The lowest BCUT2D eigenvalue weighted by atomic mass is 9.88. The highest BCUT2D eigenvalue weighted by Gasteiger charge is 2.77. The molecule has 3 aliphatic carbocycles. The molecule has 4 nitrogen and oxygen atoms in total. The van der Waals surface area contributed by atoms with E-state index in [1.807, 2.05) is 6.92 Å². The molecular formula is C19H30O4. The zero-order valence-corrected chi connectivity index (χ0v) is 14.7. The Kier molecular flexibility index (Phi) is 4.24. The minimum atomic E-state index is -0.585. The van der Waals surface area contributed by atoms with Crippen LogP contribution in [-0.4, -0.2) is 29.1 Å². The predicted molar refractivity (Wildman–Crippen MR) is 87.9 cm³/mol. The maximum atomic E-state index is 12.4. The zero-order chi connectivity index (χ0) is 16.8. The van der Waals surface area contributed by atoms with Crippen LogP contribution in [0.1, 0.15) is 59.8 Å². The number of carbonyl (C=O) groups is 1. The van der Waals surface area contributed by atoms with Crippen LogP contribution in [-0.2, 0) is 9.47 Å². The normalized spacial score (nSPS) is 49.0. The number of rotatable bonds is 2. The van der Waals surface area contributed by atoms with E-state index in [1.165, 1.54) is 0 Å². The number of aliphatic hydroxyl groups is 1. The van der Waals surface area contributed by atoms with Crippen LogP contribution in [0.3, 0.4) is 0 Å². The monoisotopic (exact) mass is 322 g/mol. The molecule has 2 saturated carbocycles. The summed E-state index contributed by atoms with van der Waals surface area (Å²) in [6, 6.07) is 0. The van der Waals surface area contributed by atoms with E-state index in [0.29, 0.717) is 5.92 Å². The largest absolute Gasteiger partial charge is 0.509 e. The molecule has 4 heteroatoms. The summed E-state index contributed by atoms with van der Waals surface area (Å²) < 4.78 is 11.4. The number of fused-ring (bicyclic) bond motifs is 1. The quantitative estimate of drug-likeness (QED) is 0.615. The second-order valence-corrected chi connectivity index (χ2v) is 8.19. The predicted octanol–water partition coefficient (Wildman–Crippen LogP) is 4.07. The van der Waals surface area contributed by atoms with Gasteiger partial charge in [-0.2, -0.15) is 0 Å². The highest BCUT2D eigenvalue weighted by molar-refractivity contribution is 5.62. The fourth-order valence-corrected chi connectivity index (χ4v) is 4.94. The van der Waals surface area contributed by atoms with Crippen LogP contribution in [0.2, 0.25) is 0 Å². The molecule has 0 radical (unpaired) electrons. The van der Waals surface area contributed by atoms with Crippen LogP contribution in [0.5, 0.6) is 0 Å². The Balaban J connectivity index is 1.62. The third-order valence-corrected chi connectivity index (χ3v) is 6.93. The van der Waals surface area contributed by atoms with Crippen molar-refractivity contribution in [3.05, 3.63) is 12.2 Å². The number of allylic oxidation sites excluding steroid dienone is 2. The van der Waals surface area contributed by atoms with Crippen molar-refractivity contribution in [1.29, 1.82) is 0 Å². The summed E-state index contributed by atoms with van der Waals surface area (Å²) in [7, 11) is 0. The van der Waals surface area contributed by atoms with Gasteiger partial charge in [-0.15, -0.1) is 0 Å². The van der Waals surface area contributed by atoms with E-state index in [2.05, 4.69) is 32.9 Å². The van der Waals surface area contributed by atoms with E-state index < -0.39 is 11.8 Å². The first-order valence-electron chi connectivity index (χ1n) is 9.04. The van der Waals surface area contributed by atoms with Gasteiger partial charge >= 0.3 is 6.16 Å². The van der Waals surface area contributed by atoms with Crippen LogP contribution in [0.25, 0.3) is 0 Å². The van der Waals surface area contributed by atoms with Crippen molar-refractivity contribution in [2.24, 2.45) is 23.2 Å². The van der Waals surface area contributed by atoms with Crippen LogP contribution in [0.15, 0.2) is 12.2 Å². The maximum absolute atomic E-state index is 12.4. The summed E-state index contributed by atoms with van der Waals surface area (Å²) in [5, 5.41) is 10.2. The summed E-state index contributed by atoms with van der Waals surface area (Å²) in [6.45, 7) is 8.35. The molecule has 0 aliphatic heterocycles. The number of aliphatic hydroxyl groups excluding tert-OH is 1. The van der Waals surface area contributed by atoms with Crippen molar-refractivity contribution < 1.29 is 19.4 Å². The average molecular weight is 322 g/mol. The molecule has 0 saturated heterocycles. The summed E-state index contributed by atoms with van der Waals surface area (Å²) in [4.78, 5) is 12.4. The molecule has 3 rings (SSSR count). The standard InChI is InChI=1S/C19H30O4/c1-12-8-5-6-10-15(13(12)2)22-17(21)23-19(4)16-14(20)9-7-11-18(16,19)3/h5,8,12-16,20H,6-7,9-11H2,1-4H3/t12?,13?,14?,15?,16?,18-,19?/m1/s1. The topological polar surface area (TPSA) is 55.8 Å². The summed E-state index contributed by atoms with van der Waals surface area (Å²) in [5.74, 6) is 0.731. The molecule has 0 aromatic carbocycles. The first-order chi connectivity index (χ1) is 10.8. The van der Waals surface area contributed by atoms with Gasteiger partial charge in [-0.25, -0.2) is 4.79 Å². The molecule has 0 aromatic heterocycles. The third-order valence-electron chi connectivity index (χ3n) is 6.93. The highest BCUT2D eigenvalue weighted by Crippen LogP contribution is 2.70. The van der Waals surface area contributed by atoms with Crippen LogP contribution < -0.4 is 0 Å². The van der Waals surface area contributed by atoms with E-state index in [4.69, 9.17) is 9.47 Å². The van der Waals surface area contributed by atoms with E-state index in [1.54, 1.807) is 0 Å². The Labute approximate surface area is 139 Å². The van der Waals surface area contributed by atoms with Gasteiger partial charge in [0.05, 0.1) is 6.10 Å². The maximum Gasteiger partial charge on any atom is 0.509 e. The first-order valence-corrected chi connectivity index (χ1v) is 9.04. The van der Waals surface area contributed by atoms with Gasteiger partial charge in [0.2, 0.25) is 0 Å². The Bertz CT molecular complexity index is 502.